The first kappa shape index (κ1) is 12.2. The molecule has 3 heterocycles. The second kappa shape index (κ2) is 4.70. The zero-order valence-electron chi connectivity index (χ0n) is 10.5. The van der Waals surface area contributed by atoms with Crippen molar-refractivity contribution >= 4 is 24.4 Å². The van der Waals surface area contributed by atoms with Crippen LogP contribution in [0.25, 0.3) is 11.4 Å². The van der Waals surface area contributed by atoms with Crippen LogP contribution in [0.1, 0.15) is 6.42 Å². The van der Waals surface area contributed by atoms with Crippen molar-refractivity contribution in [1.29, 1.82) is 0 Å². The van der Waals surface area contributed by atoms with Gasteiger partial charge in [-0.3, -0.25) is 19.4 Å². The van der Waals surface area contributed by atoms with Crippen molar-refractivity contribution in [3.05, 3.63) is 30.5 Å². The van der Waals surface area contributed by atoms with Gasteiger partial charge in [-0.2, -0.15) is 17.7 Å². The van der Waals surface area contributed by atoms with E-state index >= 15 is 0 Å². The number of amides is 1. The minimum Gasteiger partial charge on any atom is -0.296 e. The summed E-state index contributed by atoms with van der Waals surface area (Å²) >= 11 is 4.37. The molecule has 2 aromatic heterocycles. The van der Waals surface area contributed by atoms with Crippen molar-refractivity contribution in [1.82, 2.24) is 14.8 Å². The van der Waals surface area contributed by atoms with Crippen molar-refractivity contribution in [2.75, 3.05) is 11.4 Å². The zero-order chi connectivity index (χ0) is 13.4. The molecule has 0 aromatic carbocycles. The highest BCUT2D eigenvalue weighted by atomic mass is 32.1. The van der Waals surface area contributed by atoms with Gasteiger partial charge < -0.3 is 0 Å². The highest BCUT2D eigenvalue weighted by Gasteiger charge is 2.30. The Balaban J connectivity index is 1.96. The monoisotopic (exact) mass is 274 g/mol. The van der Waals surface area contributed by atoms with E-state index in [1.54, 1.807) is 15.8 Å². The molecule has 6 heteroatoms. The number of thiol groups is 1. The molecule has 1 aliphatic heterocycles. The Labute approximate surface area is 116 Å². The van der Waals surface area contributed by atoms with Crippen LogP contribution in [0.15, 0.2) is 30.5 Å². The molecule has 0 spiro atoms. The molecule has 0 N–H and O–H groups in total. The maximum absolute atomic E-state index is 11.9. The van der Waals surface area contributed by atoms with Crippen LogP contribution in [0.3, 0.4) is 0 Å². The maximum atomic E-state index is 11.9. The molecule has 0 radical (unpaired) electrons. The number of hydrogen-bond donors (Lipinski definition) is 1. The highest BCUT2D eigenvalue weighted by molar-refractivity contribution is 7.81. The number of carbonyl (C=O) groups is 1. The quantitative estimate of drug-likeness (QED) is 0.845. The number of carbonyl (C=O) groups excluding carboxylic acids is 1. The second-order valence-electron chi connectivity index (χ2n) is 4.59. The number of aromatic nitrogens is 3. The van der Waals surface area contributed by atoms with Crippen molar-refractivity contribution < 1.29 is 4.79 Å². The highest BCUT2D eigenvalue weighted by Crippen LogP contribution is 2.27. The Morgan fingerprint density at radius 3 is 2.84 bits per heavy atom. The topological polar surface area (TPSA) is 51.0 Å². The van der Waals surface area contributed by atoms with E-state index in [0.29, 0.717) is 13.0 Å². The number of pyridine rings is 1. The van der Waals surface area contributed by atoms with E-state index in [1.807, 2.05) is 31.3 Å². The number of nitrogens with zero attached hydrogens (tertiary/aromatic N) is 4. The lowest BCUT2D eigenvalue weighted by Gasteiger charge is -2.15. The molecule has 0 aliphatic carbocycles. The standard InChI is InChI=1S/C13H14N4OS/c1-16-12(17-8-9(19)6-13(17)18)7-11(15-16)10-4-2-3-5-14-10/h2-5,7,9,19H,6,8H2,1H3. The molecule has 1 aliphatic rings. The molecule has 0 bridgehead atoms. The fraction of sp³-hybridized carbons (Fsp3) is 0.308. The van der Waals surface area contributed by atoms with Crippen LogP contribution in [-0.2, 0) is 11.8 Å². The second-order valence-corrected chi connectivity index (χ2v) is 5.32. The fourth-order valence-corrected chi connectivity index (χ4v) is 2.58. The first-order valence-corrected chi connectivity index (χ1v) is 6.60. The molecule has 98 valence electrons. The molecule has 1 saturated heterocycles. The van der Waals surface area contributed by atoms with Gasteiger partial charge in [-0.05, 0) is 12.1 Å². The molecule has 1 atom stereocenters. The minimum absolute atomic E-state index is 0.0931. The largest absolute Gasteiger partial charge is 0.296 e. The summed E-state index contributed by atoms with van der Waals surface area (Å²) in [5.41, 5.74) is 1.58. The molecule has 5 nitrogen and oxygen atoms in total. The van der Waals surface area contributed by atoms with Crippen LogP contribution in [0.2, 0.25) is 0 Å². The number of rotatable bonds is 2. The van der Waals surface area contributed by atoms with Gasteiger partial charge in [0.1, 0.15) is 11.5 Å². The first-order chi connectivity index (χ1) is 9.15. The third-order valence-electron chi connectivity index (χ3n) is 3.16. The van der Waals surface area contributed by atoms with E-state index in [4.69, 9.17) is 0 Å². The number of aryl methyl sites for hydroxylation is 1. The van der Waals surface area contributed by atoms with Crippen LogP contribution in [-0.4, -0.2) is 32.5 Å². The summed E-state index contributed by atoms with van der Waals surface area (Å²) in [4.78, 5) is 17.9. The SMILES string of the molecule is Cn1nc(-c2ccccn2)cc1N1CC(S)CC1=O. The lowest BCUT2D eigenvalue weighted by Crippen LogP contribution is -2.26. The Morgan fingerprint density at radius 1 is 1.37 bits per heavy atom. The van der Waals surface area contributed by atoms with Gasteiger partial charge in [0, 0.05) is 37.5 Å². The molecule has 2 aromatic rings. The Bertz CT molecular complexity index is 610. The van der Waals surface area contributed by atoms with Gasteiger partial charge >= 0.3 is 0 Å². The predicted octanol–water partition coefficient (Wildman–Crippen LogP) is 1.52. The van der Waals surface area contributed by atoms with Gasteiger partial charge in [0.25, 0.3) is 0 Å². The van der Waals surface area contributed by atoms with Gasteiger partial charge in [0.05, 0.1) is 5.69 Å². The molecule has 1 amide bonds. The minimum atomic E-state index is 0.0931. The van der Waals surface area contributed by atoms with E-state index in [1.165, 1.54) is 0 Å². The predicted molar refractivity (Wildman–Crippen MR) is 76.2 cm³/mol. The lowest BCUT2D eigenvalue weighted by molar-refractivity contribution is -0.117. The van der Waals surface area contributed by atoms with Crippen molar-refractivity contribution in [3.63, 3.8) is 0 Å². The zero-order valence-corrected chi connectivity index (χ0v) is 11.4. The Hall–Kier alpha value is -1.82. The van der Waals surface area contributed by atoms with Crippen LogP contribution < -0.4 is 4.90 Å². The van der Waals surface area contributed by atoms with Crippen LogP contribution in [0.4, 0.5) is 5.82 Å². The maximum Gasteiger partial charge on any atom is 0.229 e. The summed E-state index contributed by atoms with van der Waals surface area (Å²) in [7, 11) is 1.83. The van der Waals surface area contributed by atoms with E-state index in [0.717, 1.165) is 17.2 Å². The molecular weight excluding hydrogens is 260 g/mol. The third-order valence-corrected chi connectivity index (χ3v) is 3.51. The Kier molecular flexibility index (Phi) is 3.02. The van der Waals surface area contributed by atoms with Gasteiger partial charge in [-0.1, -0.05) is 6.07 Å². The van der Waals surface area contributed by atoms with Crippen molar-refractivity contribution in [2.24, 2.45) is 7.05 Å². The van der Waals surface area contributed by atoms with Crippen LogP contribution in [0.5, 0.6) is 0 Å². The van der Waals surface area contributed by atoms with Crippen molar-refractivity contribution in [3.8, 4) is 11.4 Å². The van der Waals surface area contributed by atoms with Gasteiger partial charge in [-0.15, -0.1) is 0 Å². The Morgan fingerprint density at radius 2 is 2.21 bits per heavy atom. The molecule has 19 heavy (non-hydrogen) atoms. The summed E-state index contributed by atoms with van der Waals surface area (Å²) in [5, 5.41) is 4.52. The van der Waals surface area contributed by atoms with Gasteiger partial charge in [-0.25, -0.2) is 0 Å². The van der Waals surface area contributed by atoms with E-state index in [-0.39, 0.29) is 11.2 Å². The molecule has 1 fully saturated rings. The summed E-state index contributed by atoms with van der Waals surface area (Å²) in [6, 6.07) is 7.58. The average Bonchev–Trinajstić information content (AvgIpc) is 2.93. The summed E-state index contributed by atoms with van der Waals surface area (Å²) in [6.07, 6.45) is 2.21. The lowest BCUT2D eigenvalue weighted by atomic mass is 10.3. The van der Waals surface area contributed by atoms with Gasteiger partial charge in [0.15, 0.2) is 0 Å². The van der Waals surface area contributed by atoms with Gasteiger partial charge in [0.2, 0.25) is 5.91 Å². The van der Waals surface area contributed by atoms with Crippen LogP contribution in [0, 0.1) is 0 Å². The smallest absolute Gasteiger partial charge is 0.229 e. The van der Waals surface area contributed by atoms with E-state index in [2.05, 4.69) is 22.7 Å². The fourth-order valence-electron chi connectivity index (χ4n) is 2.26. The summed E-state index contributed by atoms with van der Waals surface area (Å²) in [6.45, 7) is 0.628. The summed E-state index contributed by atoms with van der Waals surface area (Å²) < 4.78 is 1.72. The first-order valence-electron chi connectivity index (χ1n) is 6.09. The third kappa shape index (κ3) is 2.23. The number of anilines is 1. The summed E-state index contributed by atoms with van der Waals surface area (Å²) in [5.74, 6) is 0.887. The normalized spacial score (nSPS) is 19.2. The molecule has 1 unspecified atom stereocenters. The van der Waals surface area contributed by atoms with E-state index in [9.17, 15) is 4.79 Å². The molecular formula is C13H14N4OS. The molecule has 0 saturated carbocycles. The van der Waals surface area contributed by atoms with E-state index < -0.39 is 0 Å². The average molecular weight is 274 g/mol. The number of hydrogen-bond acceptors (Lipinski definition) is 4. The molecule has 3 rings (SSSR count). The van der Waals surface area contributed by atoms with Crippen molar-refractivity contribution in [2.45, 2.75) is 11.7 Å². The van der Waals surface area contributed by atoms with Crippen LogP contribution >= 0.6 is 12.6 Å².